The molecule has 28 heavy (non-hydrogen) atoms. The summed E-state index contributed by atoms with van der Waals surface area (Å²) >= 11 is 0. The van der Waals surface area contributed by atoms with Gasteiger partial charge in [-0.05, 0) is 23.8 Å². The van der Waals surface area contributed by atoms with Crippen molar-refractivity contribution >= 4 is 38.1 Å². The second kappa shape index (κ2) is 6.53. The molecule has 1 N–H and O–H groups in total. The Bertz CT molecular complexity index is 1190. The smallest absolute Gasteiger partial charge is 0.327 e. The Morgan fingerprint density at radius 1 is 1.00 bits per heavy atom. The quantitative estimate of drug-likeness (QED) is 0.733. The van der Waals surface area contributed by atoms with Crippen molar-refractivity contribution in [1.29, 1.82) is 0 Å². The Labute approximate surface area is 163 Å². The Morgan fingerprint density at radius 2 is 1.68 bits per heavy atom. The maximum atomic E-state index is 13.7. The summed E-state index contributed by atoms with van der Waals surface area (Å²) in [7, 11) is -0.289. The van der Waals surface area contributed by atoms with Gasteiger partial charge in [-0.2, -0.15) is 0 Å². The van der Waals surface area contributed by atoms with Gasteiger partial charge < -0.3 is 10.0 Å². The van der Waals surface area contributed by atoms with Gasteiger partial charge in [0.25, 0.3) is 10.0 Å². The largest absolute Gasteiger partial charge is 0.480 e. The molecule has 3 aromatic rings. The molecule has 1 aliphatic heterocycles. The molecule has 0 amide bonds. The first kappa shape index (κ1) is 18.3. The number of rotatable bonds is 4. The molecule has 0 bridgehead atoms. The first-order valence-corrected chi connectivity index (χ1v) is 10.3. The van der Waals surface area contributed by atoms with Crippen molar-refractivity contribution in [1.82, 2.24) is 0 Å². The second-order valence-corrected chi connectivity index (χ2v) is 8.79. The zero-order chi connectivity index (χ0) is 20.1. The van der Waals surface area contributed by atoms with Crippen molar-refractivity contribution in [3.8, 4) is 0 Å². The van der Waals surface area contributed by atoms with Crippen LogP contribution in [0.5, 0.6) is 0 Å². The van der Waals surface area contributed by atoms with E-state index in [4.69, 9.17) is 0 Å². The second-order valence-electron chi connectivity index (χ2n) is 7.01. The Hall–Kier alpha value is -3.06. The Morgan fingerprint density at radius 3 is 2.39 bits per heavy atom. The van der Waals surface area contributed by atoms with E-state index in [1.807, 2.05) is 37.2 Å². The number of para-hydroxylation sites is 1. The number of hydrogen-bond acceptors (Lipinski definition) is 4. The van der Waals surface area contributed by atoms with Gasteiger partial charge in [-0.15, -0.1) is 0 Å². The normalized spacial score (nSPS) is 16.2. The van der Waals surface area contributed by atoms with Crippen molar-refractivity contribution in [3.63, 3.8) is 0 Å². The SMILES string of the molecule is CN(C)c1cccc2c(S(=O)(=O)N3c4ccccc4C[C@@H]3C(=O)O)cccc12. The van der Waals surface area contributed by atoms with E-state index in [0.717, 1.165) is 15.4 Å². The van der Waals surface area contributed by atoms with Gasteiger partial charge >= 0.3 is 5.97 Å². The molecule has 7 heteroatoms. The lowest BCUT2D eigenvalue weighted by atomic mass is 10.1. The molecular formula is C21H20N2O4S. The minimum Gasteiger partial charge on any atom is -0.480 e. The topological polar surface area (TPSA) is 77.9 Å². The lowest BCUT2D eigenvalue weighted by Crippen LogP contribution is -2.42. The molecule has 3 aromatic carbocycles. The van der Waals surface area contributed by atoms with Crippen LogP contribution in [0.15, 0.2) is 65.6 Å². The van der Waals surface area contributed by atoms with Gasteiger partial charge in [-0.3, -0.25) is 4.31 Å². The van der Waals surface area contributed by atoms with E-state index >= 15 is 0 Å². The number of fused-ring (bicyclic) bond motifs is 2. The summed E-state index contributed by atoms with van der Waals surface area (Å²) in [4.78, 5) is 13.9. The number of hydrogen-bond donors (Lipinski definition) is 1. The fourth-order valence-electron chi connectivity index (χ4n) is 3.83. The molecule has 0 spiro atoms. The Balaban J connectivity index is 1.96. The average molecular weight is 396 g/mol. The van der Waals surface area contributed by atoms with Crippen LogP contribution in [0.3, 0.4) is 0 Å². The number of nitrogens with zero attached hydrogens (tertiary/aromatic N) is 2. The van der Waals surface area contributed by atoms with Crippen LogP contribution in [0, 0.1) is 0 Å². The van der Waals surface area contributed by atoms with Crippen LogP contribution in [0.2, 0.25) is 0 Å². The van der Waals surface area contributed by atoms with Gasteiger partial charge in [0, 0.05) is 37.0 Å². The van der Waals surface area contributed by atoms with Crippen molar-refractivity contribution in [2.24, 2.45) is 0 Å². The molecule has 0 saturated carbocycles. The van der Waals surface area contributed by atoms with E-state index in [2.05, 4.69) is 0 Å². The molecule has 1 aliphatic rings. The lowest BCUT2D eigenvalue weighted by Gasteiger charge is -2.25. The van der Waals surface area contributed by atoms with E-state index in [1.165, 1.54) is 6.07 Å². The highest BCUT2D eigenvalue weighted by molar-refractivity contribution is 7.93. The predicted molar refractivity (Wildman–Crippen MR) is 110 cm³/mol. The van der Waals surface area contributed by atoms with Crippen molar-refractivity contribution in [2.75, 3.05) is 23.3 Å². The highest BCUT2D eigenvalue weighted by atomic mass is 32.2. The molecule has 6 nitrogen and oxygen atoms in total. The van der Waals surface area contributed by atoms with Crippen LogP contribution in [0.4, 0.5) is 11.4 Å². The molecule has 0 aromatic heterocycles. The van der Waals surface area contributed by atoms with Crippen LogP contribution in [0.25, 0.3) is 10.8 Å². The molecule has 1 atom stereocenters. The molecule has 0 unspecified atom stereocenters. The number of carbonyl (C=O) groups is 1. The molecule has 0 radical (unpaired) electrons. The fraction of sp³-hybridized carbons (Fsp3) is 0.190. The van der Waals surface area contributed by atoms with E-state index in [1.54, 1.807) is 36.4 Å². The van der Waals surface area contributed by atoms with Crippen molar-refractivity contribution < 1.29 is 18.3 Å². The van der Waals surface area contributed by atoms with Crippen LogP contribution in [-0.4, -0.2) is 39.6 Å². The highest BCUT2D eigenvalue weighted by Gasteiger charge is 2.42. The minimum absolute atomic E-state index is 0.108. The number of aliphatic carboxylic acids is 1. The van der Waals surface area contributed by atoms with Crippen molar-refractivity contribution in [2.45, 2.75) is 17.4 Å². The maximum absolute atomic E-state index is 13.7. The maximum Gasteiger partial charge on any atom is 0.327 e. The zero-order valence-corrected chi connectivity index (χ0v) is 16.3. The fourth-order valence-corrected chi connectivity index (χ4v) is 5.68. The zero-order valence-electron chi connectivity index (χ0n) is 15.5. The first-order chi connectivity index (χ1) is 13.3. The summed E-state index contributed by atoms with van der Waals surface area (Å²) in [5.41, 5.74) is 2.04. The van der Waals surface area contributed by atoms with E-state index in [0.29, 0.717) is 16.6 Å². The summed E-state index contributed by atoms with van der Waals surface area (Å²) in [6.07, 6.45) is 0.151. The predicted octanol–water partition coefficient (Wildman–Crippen LogP) is 3.11. The number of benzene rings is 3. The van der Waals surface area contributed by atoms with Gasteiger partial charge in [0.2, 0.25) is 0 Å². The molecule has 144 valence electrons. The Kier molecular flexibility index (Phi) is 4.27. The van der Waals surface area contributed by atoms with Crippen LogP contribution < -0.4 is 9.21 Å². The van der Waals surface area contributed by atoms with E-state index in [9.17, 15) is 18.3 Å². The van der Waals surface area contributed by atoms with Crippen LogP contribution >= 0.6 is 0 Å². The summed E-state index contributed by atoms with van der Waals surface area (Å²) < 4.78 is 28.4. The third kappa shape index (κ3) is 2.70. The number of anilines is 2. The highest BCUT2D eigenvalue weighted by Crippen LogP contribution is 2.39. The number of carboxylic acids is 1. The average Bonchev–Trinajstić information content (AvgIpc) is 3.07. The van der Waals surface area contributed by atoms with E-state index < -0.39 is 22.0 Å². The standard InChI is InChI=1S/C21H20N2O4S/c1-22(2)18-11-5-9-16-15(18)8-6-12-20(16)28(26,27)23-17-10-4-3-7-14(17)13-19(23)21(24)25/h3-12,19H,13H2,1-2H3,(H,24,25)/t19-/m1/s1. The third-order valence-electron chi connectivity index (χ3n) is 5.09. The van der Waals surface area contributed by atoms with Gasteiger partial charge in [-0.25, -0.2) is 13.2 Å². The number of carboxylic acid groups (broad SMARTS) is 1. The molecular weight excluding hydrogens is 376 g/mol. The monoisotopic (exact) mass is 396 g/mol. The summed E-state index contributed by atoms with van der Waals surface area (Å²) in [5, 5.41) is 11.1. The van der Waals surface area contributed by atoms with Gasteiger partial charge in [0.1, 0.15) is 6.04 Å². The summed E-state index contributed by atoms with van der Waals surface area (Å²) in [6, 6.07) is 16.4. The first-order valence-electron chi connectivity index (χ1n) is 8.86. The molecule has 0 saturated heterocycles. The molecule has 4 rings (SSSR count). The van der Waals surface area contributed by atoms with Crippen LogP contribution in [0.1, 0.15) is 5.56 Å². The molecule has 0 aliphatic carbocycles. The lowest BCUT2D eigenvalue weighted by molar-refractivity contribution is -0.138. The van der Waals surface area contributed by atoms with Gasteiger partial charge in [0.15, 0.2) is 0 Å². The minimum atomic E-state index is -4.08. The van der Waals surface area contributed by atoms with Gasteiger partial charge in [0.05, 0.1) is 10.6 Å². The summed E-state index contributed by atoms with van der Waals surface area (Å²) in [5.74, 6) is -1.16. The van der Waals surface area contributed by atoms with Crippen molar-refractivity contribution in [3.05, 3.63) is 66.2 Å². The summed E-state index contributed by atoms with van der Waals surface area (Å²) in [6.45, 7) is 0. The van der Waals surface area contributed by atoms with Crippen LogP contribution in [-0.2, 0) is 21.2 Å². The molecule has 1 heterocycles. The third-order valence-corrected chi connectivity index (χ3v) is 6.97. The van der Waals surface area contributed by atoms with E-state index in [-0.39, 0.29) is 11.3 Å². The molecule has 0 fully saturated rings. The number of sulfonamides is 1. The van der Waals surface area contributed by atoms with Gasteiger partial charge in [-0.1, -0.05) is 42.5 Å².